The van der Waals surface area contributed by atoms with E-state index in [4.69, 9.17) is 0 Å². The van der Waals surface area contributed by atoms with Gasteiger partial charge in [0.15, 0.2) is 0 Å². The zero-order valence-electron chi connectivity index (χ0n) is 17.9. The van der Waals surface area contributed by atoms with Crippen molar-refractivity contribution in [2.75, 3.05) is 13.1 Å². The van der Waals surface area contributed by atoms with E-state index in [1.54, 1.807) is 0 Å². The standard InChI is InChI=1S/C26H34N2O/c1-19-6-5-7-21(16-19)18-28-14-12-23(13-15-28)26(29)27-20(2)24-11-10-22-8-3-4-9-25(22)17-24/h5-7,10-11,16-17,20,23H,3-4,8-9,12-15,18H2,1-2H3,(H,27,29). The number of piperidine rings is 1. The normalized spacial score (nSPS) is 18.8. The maximum atomic E-state index is 12.9. The first-order valence-corrected chi connectivity index (χ1v) is 11.3. The summed E-state index contributed by atoms with van der Waals surface area (Å²) in [4.78, 5) is 15.3. The van der Waals surface area contributed by atoms with Crippen molar-refractivity contribution in [1.82, 2.24) is 10.2 Å². The number of nitrogens with one attached hydrogen (secondary N) is 1. The van der Waals surface area contributed by atoms with Gasteiger partial charge >= 0.3 is 0 Å². The van der Waals surface area contributed by atoms with E-state index in [1.165, 1.54) is 53.5 Å². The van der Waals surface area contributed by atoms with E-state index in [2.05, 4.69) is 66.5 Å². The molecule has 1 saturated heterocycles. The van der Waals surface area contributed by atoms with Gasteiger partial charge in [-0.3, -0.25) is 9.69 Å². The quantitative estimate of drug-likeness (QED) is 0.782. The molecular formula is C26H34N2O. The van der Waals surface area contributed by atoms with Crippen LogP contribution in [0.15, 0.2) is 42.5 Å². The smallest absolute Gasteiger partial charge is 0.223 e. The fraction of sp³-hybridized carbons (Fsp3) is 0.500. The highest BCUT2D eigenvalue weighted by atomic mass is 16.1. The summed E-state index contributed by atoms with van der Waals surface area (Å²) < 4.78 is 0. The molecule has 1 amide bonds. The van der Waals surface area contributed by atoms with E-state index in [-0.39, 0.29) is 17.9 Å². The van der Waals surface area contributed by atoms with E-state index in [9.17, 15) is 4.79 Å². The molecule has 1 heterocycles. The lowest BCUT2D eigenvalue weighted by Gasteiger charge is -2.32. The molecule has 1 aliphatic carbocycles. The van der Waals surface area contributed by atoms with Gasteiger partial charge in [-0.25, -0.2) is 0 Å². The van der Waals surface area contributed by atoms with Crippen molar-refractivity contribution in [1.29, 1.82) is 0 Å². The zero-order valence-corrected chi connectivity index (χ0v) is 17.9. The van der Waals surface area contributed by atoms with Gasteiger partial charge in [-0.15, -0.1) is 0 Å². The molecule has 2 aromatic rings. The van der Waals surface area contributed by atoms with Crippen LogP contribution in [0, 0.1) is 12.8 Å². The number of benzene rings is 2. The molecule has 1 fully saturated rings. The van der Waals surface area contributed by atoms with E-state index >= 15 is 0 Å². The molecule has 0 saturated carbocycles. The van der Waals surface area contributed by atoms with Crippen molar-refractivity contribution in [2.24, 2.45) is 5.92 Å². The Morgan fingerprint density at radius 2 is 1.83 bits per heavy atom. The second kappa shape index (κ2) is 9.13. The predicted octanol–water partition coefficient (Wildman–Crippen LogP) is 4.96. The zero-order chi connectivity index (χ0) is 20.2. The third-order valence-electron chi connectivity index (χ3n) is 6.68. The van der Waals surface area contributed by atoms with Gasteiger partial charge in [0.1, 0.15) is 0 Å². The molecule has 1 N–H and O–H groups in total. The Hall–Kier alpha value is -2.13. The fourth-order valence-electron chi connectivity index (χ4n) is 4.86. The van der Waals surface area contributed by atoms with Crippen molar-refractivity contribution in [3.05, 3.63) is 70.3 Å². The molecule has 1 aliphatic heterocycles. The monoisotopic (exact) mass is 390 g/mol. The van der Waals surface area contributed by atoms with Crippen LogP contribution in [-0.4, -0.2) is 23.9 Å². The Morgan fingerprint density at radius 1 is 1.07 bits per heavy atom. The third-order valence-corrected chi connectivity index (χ3v) is 6.68. The SMILES string of the molecule is Cc1cccc(CN2CCC(C(=O)NC(C)c3ccc4c(c3)CCCC4)CC2)c1. The van der Waals surface area contributed by atoms with E-state index in [0.29, 0.717) is 0 Å². The molecule has 4 rings (SSSR count). The molecule has 0 aromatic heterocycles. The van der Waals surface area contributed by atoms with Crippen LogP contribution in [0.3, 0.4) is 0 Å². The third kappa shape index (κ3) is 5.08. The number of hydrogen-bond donors (Lipinski definition) is 1. The number of aryl methyl sites for hydroxylation is 3. The summed E-state index contributed by atoms with van der Waals surface area (Å²) in [6, 6.07) is 15.6. The molecule has 154 valence electrons. The first-order chi connectivity index (χ1) is 14.1. The maximum absolute atomic E-state index is 12.9. The summed E-state index contributed by atoms with van der Waals surface area (Å²) >= 11 is 0. The number of likely N-dealkylation sites (tertiary alicyclic amines) is 1. The minimum atomic E-state index is 0.0834. The first kappa shape index (κ1) is 20.2. The lowest BCUT2D eigenvalue weighted by molar-refractivity contribution is -0.127. The number of nitrogens with zero attached hydrogens (tertiary/aromatic N) is 1. The predicted molar refractivity (Wildman–Crippen MR) is 119 cm³/mol. The van der Waals surface area contributed by atoms with Crippen LogP contribution in [0.2, 0.25) is 0 Å². The minimum Gasteiger partial charge on any atom is -0.349 e. The van der Waals surface area contributed by atoms with Gasteiger partial charge in [-0.05, 0) is 87.7 Å². The molecule has 3 nitrogen and oxygen atoms in total. The van der Waals surface area contributed by atoms with Gasteiger partial charge in [0.2, 0.25) is 5.91 Å². The topological polar surface area (TPSA) is 32.3 Å². The van der Waals surface area contributed by atoms with E-state index in [1.807, 2.05) is 0 Å². The average Bonchev–Trinajstić information content (AvgIpc) is 2.74. The molecule has 3 heteroatoms. The van der Waals surface area contributed by atoms with Crippen LogP contribution in [0.25, 0.3) is 0 Å². The van der Waals surface area contributed by atoms with Gasteiger partial charge < -0.3 is 5.32 Å². The van der Waals surface area contributed by atoms with Crippen molar-refractivity contribution in [2.45, 2.75) is 65.0 Å². The number of fused-ring (bicyclic) bond motifs is 1. The second-order valence-corrected chi connectivity index (χ2v) is 9.01. The van der Waals surface area contributed by atoms with Gasteiger partial charge in [0.25, 0.3) is 0 Å². The lowest BCUT2D eigenvalue weighted by Crippen LogP contribution is -2.40. The number of rotatable bonds is 5. The number of hydrogen-bond acceptors (Lipinski definition) is 2. The summed E-state index contributed by atoms with van der Waals surface area (Å²) in [6.45, 7) is 7.25. The summed E-state index contributed by atoms with van der Waals surface area (Å²) in [6.07, 6.45) is 6.89. The molecule has 2 aliphatic rings. The Labute approximate surface area is 175 Å². The number of carbonyl (C=O) groups excluding carboxylic acids is 1. The summed E-state index contributed by atoms with van der Waals surface area (Å²) in [5.74, 6) is 0.370. The van der Waals surface area contributed by atoms with E-state index < -0.39 is 0 Å². The molecule has 0 radical (unpaired) electrons. The van der Waals surface area contributed by atoms with Crippen molar-refractivity contribution < 1.29 is 4.79 Å². The van der Waals surface area contributed by atoms with Crippen LogP contribution in [0.4, 0.5) is 0 Å². The fourth-order valence-corrected chi connectivity index (χ4v) is 4.86. The van der Waals surface area contributed by atoms with Crippen molar-refractivity contribution in [3.8, 4) is 0 Å². The molecular weight excluding hydrogens is 356 g/mol. The average molecular weight is 391 g/mol. The Kier molecular flexibility index (Phi) is 6.34. The summed E-state index contributed by atoms with van der Waals surface area (Å²) in [5, 5.41) is 3.29. The molecule has 29 heavy (non-hydrogen) atoms. The molecule has 1 atom stereocenters. The molecule has 0 bridgehead atoms. The highest BCUT2D eigenvalue weighted by molar-refractivity contribution is 5.79. The van der Waals surface area contributed by atoms with Crippen molar-refractivity contribution >= 4 is 5.91 Å². The van der Waals surface area contributed by atoms with Crippen LogP contribution < -0.4 is 5.32 Å². The van der Waals surface area contributed by atoms with Gasteiger partial charge in [0.05, 0.1) is 6.04 Å². The highest BCUT2D eigenvalue weighted by Gasteiger charge is 2.26. The Bertz CT molecular complexity index is 852. The van der Waals surface area contributed by atoms with Gasteiger partial charge in [-0.1, -0.05) is 48.0 Å². The van der Waals surface area contributed by atoms with Crippen LogP contribution in [0.5, 0.6) is 0 Å². The molecule has 0 spiro atoms. The van der Waals surface area contributed by atoms with Crippen molar-refractivity contribution in [3.63, 3.8) is 0 Å². The van der Waals surface area contributed by atoms with E-state index in [0.717, 1.165) is 32.5 Å². The van der Waals surface area contributed by atoms with Gasteiger partial charge in [-0.2, -0.15) is 0 Å². The van der Waals surface area contributed by atoms with Gasteiger partial charge in [0, 0.05) is 12.5 Å². The molecule has 1 unspecified atom stereocenters. The summed E-state index contributed by atoms with van der Waals surface area (Å²) in [5.41, 5.74) is 6.91. The van der Waals surface area contributed by atoms with Crippen LogP contribution in [0.1, 0.15) is 66.5 Å². The molecule has 2 aromatic carbocycles. The number of carbonyl (C=O) groups is 1. The minimum absolute atomic E-state index is 0.0834. The second-order valence-electron chi connectivity index (χ2n) is 9.01. The largest absolute Gasteiger partial charge is 0.349 e. The summed E-state index contributed by atoms with van der Waals surface area (Å²) in [7, 11) is 0. The number of amides is 1. The Balaban J connectivity index is 1.28. The Morgan fingerprint density at radius 3 is 2.59 bits per heavy atom. The lowest BCUT2D eigenvalue weighted by atomic mass is 9.89. The first-order valence-electron chi connectivity index (χ1n) is 11.3. The maximum Gasteiger partial charge on any atom is 0.223 e. The highest BCUT2D eigenvalue weighted by Crippen LogP contribution is 2.26. The van der Waals surface area contributed by atoms with Crippen LogP contribution >= 0.6 is 0 Å². The van der Waals surface area contributed by atoms with Crippen LogP contribution in [-0.2, 0) is 24.2 Å².